The number of nitrogens with one attached hydrogen (secondary N) is 1. The van der Waals surface area contributed by atoms with Crippen LogP contribution in [0.5, 0.6) is 11.5 Å². The Kier molecular flexibility index (Phi) is 10.9. The average molecular weight is 636 g/mol. The van der Waals surface area contributed by atoms with Crippen molar-refractivity contribution < 1.29 is 33.4 Å². The Morgan fingerprint density at radius 3 is 2.67 bits per heavy atom. The van der Waals surface area contributed by atoms with Gasteiger partial charge in [-0.3, -0.25) is 19.3 Å². The normalized spacial score (nSPS) is 13.8. The molecule has 0 aromatic heterocycles. The summed E-state index contributed by atoms with van der Waals surface area (Å²) in [5.74, 6) is 1.34. The van der Waals surface area contributed by atoms with E-state index in [1.807, 2.05) is 13.8 Å². The quantitative estimate of drug-likeness (QED) is 0.189. The molecule has 0 unspecified atom stereocenters. The third-order valence-corrected chi connectivity index (χ3v) is 6.84. The van der Waals surface area contributed by atoms with Gasteiger partial charge in [-0.1, -0.05) is 24.4 Å². The van der Waals surface area contributed by atoms with Crippen molar-refractivity contribution >= 4 is 74.1 Å². The summed E-state index contributed by atoms with van der Waals surface area (Å²) in [7, 11) is 0. The molecule has 3 rings (SSSR count). The lowest BCUT2D eigenvalue weighted by Gasteiger charge is -2.14. The van der Waals surface area contributed by atoms with E-state index in [9.17, 15) is 19.2 Å². The molecule has 39 heavy (non-hydrogen) atoms. The maximum atomic E-state index is 13.0. The molecule has 204 valence electrons. The van der Waals surface area contributed by atoms with Gasteiger partial charge in [0.25, 0.3) is 11.1 Å². The minimum absolute atomic E-state index is 0.0409. The van der Waals surface area contributed by atoms with Crippen LogP contribution in [0, 0.1) is 12.3 Å². The van der Waals surface area contributed by atoms with Crippen molar-refractivity contribution in [2.24, 2.45) is 0 Å². The molecule has 2 aromatic carbocycles. The molecule has 1 fully saturated rings. The number of benzene rings is 2. The van der Waals surface area contributed by atoms with Crippen LogP contribution < -0.4 is 14.8 Å². The fourth-order valence-electron chi connectivity index (χ4n) is 3.35. The lowest BCUT2D eigenvalue weighted by molar-refractivity contribution is -0.127. The topological polar surface area (TPSA) is 111 Å². The van der Waals surface area contributed by atoms with Gasteiger partial charge in [0.2, 0.25) is 5.91 Å². The smallest absolute Gasteiger partial charge is 0.339 e. The number of hydrogen-bond donors (Lipinski definition) is 1. The first-order valence-corrected chi connectivity index (χ1v) is 13.7. The molecule has 0 saturated carbocycles. The van der Waals surface area contributed by atoms with Gasteiger partial charge in [0.15, 0.2) is 11.5 Å². The number of anilines is 1. The Morgan fingerprint density at radius 2 is 1.97 bits per heavy atom. The van der Waals surface area contributed by atoms with Gasteiger partial charge in [-0.05, 0) is 83.0 Å². The number of nitrogens with zero attached hydrogens (tertiary/aromatic N) is 1. The zero-order valence-electron chi connectivity index (χ0n) is 21.0. The fourth-order valence-corrected chi connectivity index (χ4v) is 4.96. The first kappa shape index (κ1) is 30.1. The van der Waals surface area contributed by atoms with Gasteiger partial charge >= 0.3 is 5.97 Å². The molecule has 9 nitrogen and oxygen atoms in total. The first-order chi connectivity index (χ1) is 18.7. The predicted octanol–water partition coefficient (Wildman–Crippen LogP) is 5.76. The highest BCUT2D eigenvalue weighted by Crippen LogP contribution is 2.39. The molecule has 0 aliphatic carbocycles. The molecule has 0 bridgehead atoms. The molecule has 3 amide bonds. The summed E-state index contributed by atoms with van der Waals surface area (Å²) in [6.45, 7) is 3.78. The first-order valence-electron chi connectivity index (χ1n) is 11.7. The number of halogens is 2. The van der Waals surface area contributed by atoms with Crippen LogP contribution >= 0.6 is 39.3 Å². The van der Waals surface area contributed by atoms with E-state index in [4.69, 9.17) is 32.2 Å². The van der Waals surface area contributed by atoms with Crippen LogP contribution in [-0.2, 0) is 14.3 Å². The number of terminal acetylenes is 1. The van der Waals surface area contributed by atoms with E-state index < -0.39 is 29.6 Å². The second-order valence-electron chi connectivity index (χ2n) is 7.90. The Labute approximate surface area is 243 Å². The monoisotopic (exact) mass is 634 g/mol. The third-order valence-electron chi connectivity index (χ3n) is 5.01. The van der Waals surface area contributed by atoms with Crippen LogP contribution in [0.3, 0.4) is 0 Å². The molecule has 1 aliphatic rings. The van der Waals surface area contributed by atoms with Gasteiger partial charge in [-0.25, -0.2) is 4.79 Å². The second kappa shape index (κ2) is 14.1. The minimum atomic E-state index is -0.634. The van der Waals surface area contributed by atoms with Gasteiger partial charge < -0.3 is 19.5 Å². The van der Waals surface area contributed by atoms with Gasteiger partial charge in [0.1, 0.15) is 13.2 Å². The van der Waals surface area contributed by atoms with Crippen molar-refractivity contribution in [3.63, 3.8) is 0 Å². The Hall–Kier alpha value is -3.46. The largest absolute Gasteiger partial charge is 0.490 e. The van der Waals surface area contributed by atoms with E-state index in [0.29, 0.717) is 46.3 Å². The lowest BCUT2D eigenvalue weighted by Crippen LogP contribution is -2.36. The Bertz CT molecular complexity index is 1370. The van der Waals surface area contributed by atoms with Crippen LogP contribution in [0.4, 0.5) is 10.5 Å². The molecule has 0 atom stereocenters. The maximum Gasteiger partial charge on any atom is 0.339 e. The average Bonchev–Trinajstić information content (AvgIpc) is 3.15. The highest BCUT2D eigenvalue weighted by atomic mass is 79.9. The maximum absolute atomic E-state index is 13.0. The van der Waals surface area contributed by atoms with E-state index >= 15 is 0 Å². The van der Waals surface area contributed by atoms with Crippen LogP contribution in [-0.4, -0.2) is 54.3 Å². The number of rotatable bonds is 11. The standard InChI is InChI=1S/C27H24BrClN2O7S/c1-4-9-37-24-19(28)11-16(12-21(24)36-6-3)13-22-25(33)31(27(35)39-22)15-23(32)30-17-7-8-20(29)18(14-17)26(34)38-10-5-2/h1,7-8,11-14H,5-6,9-10,15H2,2-3H3,(H,30,32)/b22-13-. The number of ether oxygens (including phenoxy) is 3. The highest BCUT2D eigenvalue weighted by molar-refractivity contribution is 9.10. The number of carbonyl (C=O) groups is 4. The van der Waals surface area contributed by atoms with Crippen LogP contribution in [0.15, 0.2) is 39.7 Å². The third kappa shape index (κ3) is 7.79. The Balaban J connectivity index is 1.74. The van der Waals surface area contributed by atoms with E-state index in [0.717, 1.165) is 4.90 Å². The fraction of sp³-hybridized carbons (Fsp3) is 0.259. The van der Waals surface area contributed by atoms with Crippen molar-refractivity contribution in [3.05, 3.63) is 55.9 Å². The van der Waals surface area contributed by atoms with Crippen LogP contribution in [0.25, 0.3) is 6.08 Å². The highest BCUT2D eigenvalue weighted by Gasteiger charge is 2.36. The number of esters is 1. The number of amides is 3. The molecule has 0 radical (unpaired) electrons. The summed E-state index contributed by atoms with van der Waals surface area (Å²) in [5.41, 5.74) is 0.915. The molecule has 1 aliphatic heterocycles. The van der Waals surface area contributed by atoms with Gasteiger partial charge in [-0.15, -0.1) is 6.42 Å². The molecule has 2 aromatic rings. The summed E-state index contributed by atoms with van der Waals surface area (Å²) in [6, 6.07) is 7.66. The van der Waals surface area contributed by atoms with Crippen molar-refractivity contribution in [1.82, 2.24) is 4.90 Å². The number of thioether (sulfide) groups is 1. The molecular weight excluding hydrogens is 612 g/mol. The summed E-state index contributed by atoms with van der Waals surface area (Å²) in [5, 5.41) is 2.14. The molecule has 1 saturated heterocycles. The summed E-state index contributed by atoms with van der Waals surface area (Å²) in [4.78, 5) is 51.4. The summed E-state index contributed by atoms with van der Waals surface area (Å²) >= 11 is 10.2. The van der Waals surface area contributed by atoms with E-state index in [1.165, 1.54) is 24.3 Å². The predicted molar refractivity (Wildman–Crippen MR) is 153 cm³/mol. The Morgan fingerprint density at radius 1 is 1.21 bits per heavy atom. The van der Waals surface area contributed by atoms with Crippen molar-refractivity contribution in [2.75, 3.05) is 31.7 Å². The van der Waals surface area contributed by atoms with Gasteiger partial charge in [0, 0.05) is 5.69 Å². The van der Waals surface area contributed by atoms with Crippen LogP contribution in [0.2, 0.25) is 5.02 Å². The molecule has 1 heterocycles. The second-order valence-corrected chi connectivity index (χ2v) is 10.2. The van der Waals surface area contributed by atoms with Crippen molar-refractivity contribution in [3.8, 4) is 23.8 Å². The molecule has 12 heteroatoms. The zero-order valence-corrected chi connectivity index (χ0v) is 24.2. The van der Waals surface area contributed by atoms with E-state index in [1.54, 1.807) is 12.1 Å². The van der Waals surface area contributed by atoms with Gasteiger partial charge in [0.05, 0.1) is 33.2 Å². The minimum Gasteiger partial charge on any atom is -0.490 e. The lowest BCUT2D eigenvalue weighted by atomic mass is 10.2. The SMILES string of the molecule is C#CCOc1c(Br)cc(/C=C2\SC(=O)N(CC(=O)Nc3ccc(Cl)c(C(=O)OCCC)c3)C2=O)cc1OCC. The van der Waals surface area contributed by atoms with Crippen LogP contribution in [0.1, 0.15) is 36.2 Å². The molecule has 0 spiro atoms. The zero-order chi connectivity index (χ0) is 28.5. The van der Waals surface area contributed by atoms with Crippen molar-refractivity contribution in [2.45, 2.75) is 20.3 Å². The van der Waals surface area contributed by atoms with Gasteiger partial charge in [-0.2, -0.15) is 0 Å². The van der Waals surface area contributed by atoms with Crippen molar-refractivity contribution in [1.29, 1.82) is 0 Å². The number of imide groups is 1. The summed E-state index contributed by atoms with van der Waals surface area (Å²) < 4.78 is 16.8. The van der Waals surface area contributed by atoms with E-state index in [-0.39, 0.29) is 34.4 Å². The molecular formula is C27H24BrClN2O7S. The number of hydrogen-bond acceptors (Lipinski definition) is 8. The molecule has 1 N–H and O–H groups in total. The number of carbonyl (C=O) groups excluding carboxylic acids is 4. The summed E-state index contributed by atoms with van der Waals surface area (Å²) in [6.07, 6.45) is 7.44. The van der Waals surface area contributed by atoms with E-state index in [2.05, 4.69) is 27.2 Å².